The van der Waals surface area contributed by atoms with Crippen molar-refractivity contribution in [3.8, 4) is 0 Å². The molecule has 0 heterocycles. The number of carbonyl (C=O) groups is 2. The predicted molar refractivity (Wildman–Crippen MR) is 92.5 cm³/mol. The number of carbonyl (C=O) groups excluding carboxylic acids is 2. The molecule has 0 unspecified atom stereocenters. The summed E-state index contributed by atoms with van der Waals surface area (Å²) in [5.74, 6) is 0.156. The van der Waals surface area contributed by atoms with Gasteiger partial charge in [0.15, 0.2) is 0 Å². The monoisotopic (exact) mass is 334 g/mol. The summed E-state index contributed by atoms with van der Waals surface area (Å²) < 4.78 is 0. The highest BCUT2D eigenvalue weighted by Gasteiger charge is 2.06. The Morgan fingerprint density at radius 1 is 0.818 bits per heavy atom. The summed E-state index contributed by atoms with van der Waals surface area (Å²) >= 11 is 7.03. The molecule has 0 fully saturated rings. The lowest BCUT2D eigenvalue weighted by Crippen LogP contribution is -2.18. The van der Waals surface area contributed by atoms with Crippen molar-refractivity contribution in [3.63, 3.8) is 0 Å². The molecule has 2 aromatic carbocycles. The van der Waals surface area contributed by atoms with Crippen molar-refractivity contribution in [2.24, 2.45) is 0 Å². The van der Waals surface area contributed by atoms with E-state index in [1.807, 2.05) is 30.3 Å². The fraction of sp³-hybridized carbons (Fsp3) is 0.125. The van der Waals surface area contributed by atoms with Crippen molar-refractivity contribution in [1.82, 2.24) is 0 Å². The maximum absolute atomic E-state index is 11.7. The van der Waals surface area contributed by atoms with Crippen LogP contribution in [0.1, 0.15) is 0 Å². The molecule has 114 valence electrons. The molecule has 0 aliphatic carbocycles. The van der Waals surface area contributed by atoms with Crippen LogP contribution in [0.15, 0.2) is 54.6 Å². The Labute approximate surface area is 138 Å². The Hall–Kier alpha value is -1.98. The van der Waals surface area contributed by atoms with E-state index < -0.39 is 0 Å². The van der Waals surface area contributed by atoms with E-state index in [0.29, 0.717) is 10.7 Å². The molecule has 0 aliphatic rings. The largest absolute Gasteiger partial charge is 0.325 e. The number of halogens is 1. The summed E-state index contributed by atoms with van der Waals surface area (Å²) in [6.07, 6.45) is 0. The lowest BCUT2D eigenvalue weighted by atomic mass is 10.3. The van der Waals surface area contributed by atoms with Crippen LogP contribution in [0.25, 0.3) is 0 Å². The molecular formula is C16H15ClN2O2S. The van der Waals surface area contributed by atoms with Crippen LogP contribution in [-0.4, -0.2) is 23.3 Å². The number of anilines is 2. The third kappa shape index (κ3) is 5.79. The maximum Gasteiger partial charge on any atom is 0.234 e. The number of hydrogen-bond donors (Lipinski definition) is 2. The fourth-order valence-corrected chi connectivity index (χ4v) is 2.43. The molecule has 0 spiro atoms. The zero-order valence-electron chi connectivity index (χ0n) is 11.7. The first kappa shape index (κ1) is 16.4. The van der Waals surface area contributed by atoms with Gasteiger partial charge in [-0.05, 0) is 36.4 Å². The van der Waals surface area contributed by atoms with Crippen LogP contribution in [0.3, 0.4) is 0 Å². The maximum atomic E-state index is 11.7. The highest BCUT2D eigenvalue weighted by Crippen LogP contribution is 2.14. The zero-order chi connectivity index (χ0) is 15.8. The van der Waals surface area contributed by atoms with Crippen LogP contribution in [-0.2, 0) is 9.59 Å². The van der Waals surface area contributed by atoms with Crippen LogP contribution in [0.4, 0.5) is 11.4 Å². The average Bonchev–Trinajstić information content (AvgIpc) is 2.50. The first-order valence-electron chi connectivity index (χ1n) is 6.61. The Kier molecular flexibility index (Phi) is 6.30. The summed E-state index contributed by atoms with van der Waals surface area (Å²) in [6, 6.07) is 16.1. The quantitative estimate of drug-likeness (QED) is 0.847. The van der Waals surface area contributed by atoms with Crippen molar-refractivity contribution in [1.29, 1.82) is 0 Å². The second kappa shape index (κ2) is 8.46. The van der Waals surface area contributed by atoms with Gasteiger partial charge in [0.05, 0.1) is 11.5 Å². The molecule has 0 bridgehead atoms. The standard InChI is InChI=1S/C16H15ClN2O2S/c17-12-6-8-14(9-7-12)19-16(21)11-22-10-15(20)18-13-4-2-1-3-5-13/h1-9H,10-11H2,(H,18,20)(H,19,21). The van der Waals surface area contributed by atoms with Gasteiger partial charge in [-0.1, -0.05) is 29.8 Å². The van der Waals surface area contributed by atoms with Crippen LogP contribution >= 0.6 is 23.4 Å². The number of amides is 2. The van der Waals surface area contributed by atoms with Gasteiger partial charge in [0.25, 0.3) is 0 Å². The Morgan fingerprint density at radius 2 is 1.32 bits per heavy atom. The molecule has 22 heavy (non-hydrogen) atoms. The van der Waals surface area contributed by atoms with Gasteiger partial charge in [-0.2, -0.15) is 0 Å². The molecule has 2 N–H and O–H groups in total. The molecule has 0 atom stereocenters. The van der Waals surface area contributed by atoms with Crippen molar-refractivity contribution in [3.05, 3.63) is 59.6 Å². The normalized spacial score (nSPS) is 10.0. The summed E-state index contributed by atoms with van der Waals surface area (Å²) in [6.45, 7) is 0. The molecule has 2 rings (SSSR count). The molecule has 6 heteroatoms. The van der Waals surface area contributed by atoms with Gasteiger partial charge in [-0.25, -0.2) is 0 Å². The van der Waals surface area contributed by atoms with Gasteiger partial charge in [-0.15, -0.1) is 11.8 Å². The number of nitrogens with one attached hydrogen (secondary N) is 2. The van der Waals surface area contributed by atoms with E-state index in [-0.39, 0.29) is 23.3 Å². The second-order valence-electron chi connectivity index (χ2n) is 4.46. The van der Waals surface area contributed by atoms with Crippen molar-refractivity contribution in [2.45, 2.75) is 0 Å². The molecule has 4 nitrogen and oxygen atoms in total. The fourth-order valence-electron chi connectivity index (χ4n) is 1.69. The van der Waals surface area contributed by atoms with Crippen LogP contribution in [0.2, 0.25) is 5.02 Å². The highest BCUT2D eigenvalue weighted by molar-refractivity contribution is 8.00. The number of benzene rings is 2. The van der Waals surface area contributed by atoms with Gasteiger partial charge >= 0.3 is 0 Å². The average molecular weight is 335 g/mol. The lowest BCUT2D eigenvalue weighted by Gasteiger charge is -2.06. The van der Waals surface area contributed by atoms with Gasteiger partial charge < -0.3 is 10.6 Å². The van der Waals surface area contributed by atoms with E-state index in [1.54, 1.807) is 24.3 Å². The van der Waals surface area contributed by atoms with Crippen LogP contribution in [0, 0.1) is 0 Å². The molecule has 0 radical (unpaired) electrons. The number of thioether (sulfide) groups is 1. The Morgan fingerprint density at radius 3 is 1.86 bits per heavy atom. The van der Waals surface area contributed by atoms with E-state index in [1.165, 1.54) is 11.8 Å². The first-order chi connectivity index (χ1) is 10.6. The summed E-state index contributed by atoms with van der Waals surface area (Å²) in [7, 11) is 0. The minimum Gasteiger partial charge on any atom is -0.325 e. The van der Waals surface area contributed by atoms with E-state index in [0.717, 1.165) is 5.69 Å². The first-order valence-corrected chi connectivity index (χ1v) is 8.15. The summed E-state index contributed by atoms with van der Waals surface area (Å²) in [5, 5.41) is 6.12. The van der Waals surface area contributed by atoms with E-state index >= 15 is 0 Å². The lowest BCUT2D eigenvalue weighted by molar-refractivity contribution is -0.114. The van der Waals surface area contributed by atoms with Crippen molar-refractivity contribution >= 4 is 46.6 Å². The van der Waals surface area contributed by atoms with Gasteiger partial charge in [0, 0.05) is 16.4 Å². The second-order valence-corrected chi connectivity index (χ2v) is 5.88. The zero-order valence-corrected chi connectivity index (χ0v) is 13.3. The number of hydrogen-bond acceptors (Lipinski definition) is 3. The molecule has 0 aromatic heterocycles. The van der Waals surface area contributed by atoms with E-state index in [4.69, 9.17) is 11.6 Å². The molecule has 2 amide bonds. The van der Waals surface area contributed by atoms with Crippen molar-refractivity contribution < 1.29 is 9.59 Å². The van der Waals surface area contributed by atoms with Crippen LogP contribution < -0.4 is 10.6 Å². The molecule has 0 aliphatic heterocycles. The molecule has 2 aromatic rings. The SMILES string of the molecule is O=C(CSCC(=O)Nc1ccc(Cl)cc1)Nc1ccccc1. The predicted octanol–water partition coefficient (Wildman–Crippen LogP) is 3.65. The van der Waals surface area contributed by atoms with Crippen molar-refractivity contribution in [2.75, 3.05) is 22.1 Å². The highest BCUT2D eigenvalue weighted by atomic mass is 35.5. The van der Waals surface area contributed by atoms with E-state index in [9.17, 15) is 9.59 Å². The minimum absolute atomic E-state index is 0.129. The Balaban J connectivity index is 1.68. The minimum atomic E-state index is -0.153. The topological polar surface area (TPSA) is 58.2 Å². The van der Waals surface area contributed by atoms with Gasteiger partial charge in [0.2, 0.25) is 11.8 Å². The Bertz CT molecular complexity index is 632. The summed E-state index contributed by atoms with van der Waals surface area (Å²) in [4.78, 5) is 23.5. The molecule has 0 saturated heterocycles. The van der Waals surface area contributed by atoms with Crippen LogP contribution in [0.5, 0.6) is 0 Å². The summed E-state index contributed by atoms with van der Waals surface area (Å²) in [5.41, 5.74) is 1.43. The third-order valence-corrected chi connectivity index (χ3v) is 3.84. The smallest absolute Gasteiger partial charge is 0.234 e. The van der Waals surface area contributed by atoms with E-state index in [2.05, 4.69) is 10.6 Å². The third-order valence-electron chi connectivity index (χ3n) is 2.65. The van der Waals surface area contributed by atoms with Gasteiger partial charge in [0.1, 0.15) is 0 Å². The number of rotatable bonds is 6. The number of para-hydroxylation sites is 1. The molecule has 0 saturated carbocycles. The molecular weight excluding hydrogens is 320 g/mol. The van der Waals surface area contributed by atoms with Gasteiger partial charge in [-0.3, -0.25) is 9.59 Å².